The summed E-state index contributed by atoms with van der Waals surface area (Å²) in [6.45, 7) is 0.717. The number of hydrogen-bond donors (Lipinski definition) is 2. The first-order chi connectivity index (χ1) is 7.08. The molecule has 0 aromatic heterocycles. The fraction of sp³-hybridized carbons (Fsp3) is 0.800. The number of amides is 2. The Morgan fingerprint density at radius 1 is 1.47 bits per heavy atom. The quantitative estimate of drug-likeness (QED) is 0.595. The summed E-state index contributed by atoms with van der Waals surface area (Å²) in [7, 11) is 1.51. The smallest absolute Gasteiger partial charge is 0.246 e. The maximum atomic E-state index is 11.5. The van der Waals surface area contributed by atoms with E-state index in [1.54, 1.807) is 0 Å². The predicted octanol–water partition coefficient (Wildman–Crippen LogP) is -0.896. The number of rotatable bonds is 3. The van der Waals surface area contributed by atoms with E-state index in [1.807, 2.05) is 0 Å². The number of nitrogens with zero attached hydrogens (tertiary/aromatic N) is 1. The summed E-state index contributed by atoms with van der Waals surface area (Å²) in [6, 6.07) is -0.347. The van der Waals surface area contributed by atoms with Gasteiger partial charge in [-0.3, -0.25) is 14.5 Å². The van der Waals surface area contributed by atoms with Crippen LogP contribution in [0.25, 0.3) is 0 Å². The first-order valence-electron chi connectivity index (χ1n) is 5.29. The lowest BCUT2D eigenvalue weighted by Gasteiger charge is -2.32. The fourth-order valence-corrected chi connectivity index (χ4v) is 2.09. The number of aliphatic hydroxyl groups excluding tert-OH is 1. The molecular formula is C10H16N2O3. The van der Waals surface area contributed by atoms with Gasteiger partial charge in [-0.15, -0.1) is 0 Å². The zero-order valence-electron chi connectivity index (χ0n) is 8.77. The molecule has 2 fully saturated rings. The molecule has 0 spiro atoms. The molecule has 1 aliphatic heterocycles. The molecule has 2 aliphatic rings. The van der Waals surface area contributed by atoms with Gasteiger partial charge in [-0.25, -0.2) is 0 Å². The standard InChI is InChI=1S/C10H16N2O3/c1-12-9(14)4-8(10(12)15)11-5-6-2-7(13)3-6/h6-8,11,13H,2-5H2,1H3. The Balaban J connectivity index is 1.76. The molecule has 0 bridgehead atoms. The highest BCUT2D eigenvalue weighted by Crippen LogP contribution is 2.26. The Morgan fingerprint density at radius 3 is 2.60 bits per heavy atom. The fourth-order valence-electron chi connectivity index (χ4n) is 2.09. The molecule has 1 saturated carbocycles. The summed E-state index contributed by atoms with van der Waals surface area (Å²) in [5.74, 6) is 0.194. The Kier molecular flexibility index (Phi) is 2.75. The zero-order valence-corrected chi connectivity index (χ0v) is 8.77. The van der Waals surface area contributed by atoms with Crippen molar-refractivity contribution in [1.29, 1.82) is 0 Å². The summed E-state index contributed by atoms with van der Waals surface area (Å²) in [6.07, 6.45) is 1.71. The van der Waals surface area contributed by atoms with Crippen LogP contribution in [0.3, 0.4) is 0 Å². The van der Waals surface area contributed by atoms with Crippen LogP contribution in [0.4, 0.5) is 0 Å². The molecule has 1 atom stereocenters. The predicted molar refractivity (Wildman–Crippen MR) is 52.9 cm³/mol. The van der Waals surface area contributed by atoms with Crippen LogP contribution < -0.4 is 5.32 Å². The molecule has 84 valence electrons. The maximum Gasteiger partial charge on any atom is 0.246 e. The lowest BCUT2D eigenvalue weighted by atomic mass is 9.82. The van der Waals surface area contributed by atoms with Crippen LogP contribution >= 0.6 is 0 Å². The third kappa shape index (κ3) is 2.03. The van der Waals surface area contributed by atoms with E-state index in [2.05, 4.69) is 5.32 Å². The molecule has 1 unspecified atom stereocenters. The summed E-state index contributed by atoms with van der Waals surface area (Å²) < 4.78 is 0. The van der Waals surface area contributed by atoms with Crippen LogP contribution in [-0.4, -0.2) is 47.6 Å². The SMILES string of the molecule is CN1C(=O)CC(NCC2CC(O)C2)C1=O. The molecule has 15 heavy (non-hydrogen) atoms. The number of carbonyl (C=O) groups excluding carboxylic acids is 2. The Morgan fingerprint density at radius 2 is 2.13 bits per heavy atom. The van der Waals surface area contributed by atoms with Gasteiger partial charge in [-0.05, 0) is 25.3 Å². The van der Waals surface area contributed by atoms with Crippen LogP contribution in [0.15, 0.2) is 0 Å². The van der Waals surface area contributed by atoms with Crippen molar-refractivity contribution in [2.24, 2.45) is 5.92 Å². The average Bonchev–Trinajstić information content (AvgIpc) is 2.39. The van der Waals surface area contributed by atoms with Crippen LogP contribution in [0.2, 0.25) is 0 Å². The van der Waals surface area contributed by atoms with Crippen LogP contribution in [0, 0.1) is 5.92 Å². The zero-order chi connectivity index (χ0) is 11.0. The van der Waals surface area contributed by atoms with E-state index in [-0.39, 0.29) is 30.4 Å². The van der Waals surface area contributed by atoms with Crippen molar-refractivity contribution in [2.45, 2.75) is 31.4 Å². The lowest BCUT2D eigenvalue weighted by Crippen LogP contribution is -2.43. The van der Waals surface area contributed by atoms with Gasteiger partial charge in [0.1, 0.15) is 0 Å². The normalized spacial score (nSPS) is 35.9. The minimum Gasteiger partial charge on any atom is -0.393 e. The summed E-state index contributed by atoms with van der Waals surface area (Å²) in [4.78, 5) is 23.9. The molecule has 5 heteroatoms. The van der Waals surface area contributed by atoms with Crippen LogP contribution in [0.5, 0.6) is 0 Å². The van der Waals surface area contributed by atoms with Gasteiger partial charge in [0.15, 0.2) is 0 Å². The van der Waals surface area contributed by atoms with E-state index < -0.39 is 0 Å². The molecule has 2 rings (SSSR count). The topological polar surface area (TPSA) is 69.6 Å². The molecule has 1 heterocycles. The molecular weight excluding hydrogens is 196 g/mol. The van der Waals surface area contributed by atoms with Crippen LogP contribution in [0.1, 0.15) is 19.3 Å². The molecule has 1 aliphatic carbocycles. The van der Waals surface area contributed by atoms with E-state index in [9.17, 15) is 9.59 Å². The number of hydrogen-bond acceptors (Lipinski definition) is 4. The summed E-state index contributed by atoms with van der Waals surface area (Å²) >= 11 is 0. The Labute approximate surface area is 88.4 Å². The van der Waals surface area contributed by atoms with Gasteiger partial charge < -0.3 is 10.4 Å². The van der Waals surface area contributed by atoms with Crippen molar-refractivity contribution in [3.8, 4) is 0 Å². The van der Waals surface area contributed by atoms with E-state index >= 15 is 0 Å². The molecule has 0 aromatic carbocycles. The van der Waals surface area contributed by atoms with E-state index in [0.717, 1.165) is 12.8 Å². The summed E-state index contributed by atoms with van der Waals surface area (Å²) in [5, 5.41) is 12.2. The minimum absolute atomic E-state index is 0.119. The van der Waals surface area contributed by atoms with E-state index in [1.165, 1.54) is 11.9 Å². The number of nitrogens with one attached hydrogen (secondary N) is 1. The molecule has 0 radical (unpaired) electrons. The van der Waals surface area contributed by atoms with Gasteiger partial charge in [-0.1, -0.05) is 0 Å². The molecule has 0 aromatic rings. The van der Waals surface area contributed by atoms with Gasteiger partial charge in [-0.2, -0.15) is 0 Å². The average molecular weight is 212 g/mol. The van der Waals surface area contributed by atoms with Gasteiger partial charge in [0, 0.05) is 7.05 Å². The van der Waals surface area contributed by atoms with Gasteiger partial charge in [0.2, 0.25) is 11.8 Å². The Bertz CT molecular complexity index is 286. The van der Waals surface area contributed by atoms with Crippen molar-refractivity contribution < 1.29 is 14.7 Å². The lowest BCUT2D eigenvalue weighted by molar-refractivity contribution is -0.137. The number of aliphatic hydroxyl groups is 1. The second kappa shape index (κ2) is 3.90. The highest BCUT2D eigenvalue weighted by atomic mass is 16.3. The van der Waals surface area contributed by atoms with Crippen molar-refractivity contribution in [3.63, 3.8) is 0 Å². The van der Waals surface area contributed by atoms with E-state index in [4.69, 9.17) is 5.11 Å². The largest absolute Gasteiger partial charge is 0.393 e. The van der Waals surface area contributed by atoms with Gasteiger partial charge in [0.25, 0.3) is 0 Å². The van der Waals surface area contributed by atoms with Gasteiger partial charge in [0.05, 0.1) is 18.6 Å². The Hall–Kier alpha value is -0.940. The highest BCUT2D eigenvalue weighted by molar-refractivity contribution is 6.05. The van der Waals surface area contributed by atoms with Gasteiger partial charge >= 0.3 is 0 Å². The second-order valence-corrected chi connectivity index (χ2v) is 4.45. The summed E-state index contributed by atoms with van der Waals surface area (Å²) in [5.41, 5.74) is 0. The molecule has 2 N–H and O–H groups in total. The second-order valence-electron chi connectivity index (χ2n) is 4.45. The highest BCUT2D eigenvalue weighted by Gasteiger charge is 2.36. The van der Waals surface area contributed by atoms with Crippen molar-refractivity contribution >= 4 is 11.8 Å². The number of carbonyl (C=O) groups is 2. The third-order valence-electron chi connectivity index (χ3n) is 3.25. The number of imide groups is 1. The maximum absolute atomic E-state index is 11.5. The monoisotopic (exact) mass is 212 g/mol. The van der Waals surface area contributed by atoms with Crippen molar-refractivity contribution in [2.75, 3.05) is 13.6 Å². The number of likely N-dealkylation sites (tertiary alicyclic amines) is 1. The minimum atomic E-state index is -0.347. The third-order valence-corrected chi connectivity index (χ3v) is 3.25. The first-order valence-corrected chi connectivity index (χ1v) is 5.29. The number of likely N-dealkylation sites (N-methyl/N-ethyl adjacent to an activating group) is 1. The molecule has 2 amide bonds. The first kappa shape index (κ1) is 10.6. The molecule has 5 nitrogen and oxygen atoms in total. The molecule has 1 saturated heterocycles. The van der Waals surface area contributed by atoms with E-state index in [0.29, 0.717) is 12.5 Å². The van der Waals surface area contributed by atoms with Crippen LogP contribution in [-0.2, 0) is 9.59 Å². The van der Waals surface area contributed by atoms with Crippen molar-refractivity contribution in [1.82, 2.24) is 10.2 Å². The van der Waals surface area contributed by atoms with Crippen molar-refractivity contribution in [3.05, 3.63) is 0 Å².